The maximum atomic E-state index is 11.6. The van der Waals surface area contributed by atoms with Gasteiger partial charge in [0.05, 0.1) is 48.1 Å². The molecule has 0 spiro atoms. The van der Waals surface area contributed by atoms with Crippen LogP contribution in [0.25, 0.3) is 0 Å². The van der Waals surface area contributed by atoms with Crippen molar-refractivity contribution in [1.29, 1.82) is 0 Å². The van der Waals surface area contributed by atoms with Crippen LogP contribution in [0.3, 0.4) is 0 Å². The van der Waals surface area contributed by atoms with Crippen molar-refractivity contribution in [3.8, 4) is 0 Å². The standard InChI is InChI=1S/C22H22N4O4/c1-29-21(27)13-6-8-19(17(23)10-13)25-15-4-3-5-16(12-15)26-20-9-7-14(11-18(20)24)22(28)30-2/h3-12,25-26H,23-24H2,1-2H3. The second kappa shape index (κ2) is 8.87. The summed E-state index contributed by atoms with van der Waals surface area (Å²) in [4.78, 5) is 23.2. The number of nitrogen functional groups attached to an aromatic ring is 2. The van der Waals surface area contributed by atoms with E-state index in [4.69, 9.17) is 20.9 Å². The van der Waals surface area contributed by atoms with Gasteiger partial charge in [-0.3, -0.25) is 0 Å². The number of ether oxygens (including phenoxy) is 2. The Morgan fingerprint density at radius 3 is 1.50 bits per heavy atom. The molecule has 0 fully saturated rings. The van der Waals surface area contributed by atoms with Gasteiger partial charge >= 0.3 is 11.9 Å². The molecule has 0 unspecified atom stereocenters. The molecule has 0 aliphatic rings. The molecule has 154 valence electrons. The molecule has 30 heavy (non-hydrogen) atoms. The normalized spacial score (nSPS) is 10.2. The number of esters is 2. The van der Waals surface area contributed by atoms with Crippen LogP contribution in [0.15, 0.2) is 60.7 Å². The van der Waals surface area contributed by atoms with Gasteiger partial charge in [-0.25, -0.2) is 9.59 Å². The van der Waals surface area contributed by atoms with Gasteiger partial charge in [0.2, 0.25) is 0 Å². The Bertz CT molecular complexity index is 1020. The van der Waals surface area contributed by atoms with Crippen LogP contribution in [0, 0.1) is 0 Å². The zero-order valence-corrected chi connectivity index (χ0v) is 16.6. The first-order valence-electron chi connectivity index (χ1n) is 9.01. The third-order valence-corrected chi connectivity index (χ3v) is 4.37. The molecular weight excluding hydrogens is 384 g/mol. The predicted molar refractivity (Wildman–Crippen MR) is 117 cm³/mol. The summed E-state index contributed by atoms with van der Waals surface area (Å²) in [5, 5.41) is 6.44. The highest BCUT2D eigenvalue weighted by molar-refractivity contribution is 5.93. The number of methoxy groups -OCH3 is 2. The van der Waals surface area contributed by atoms with E-state index >= 15 is 0 Å². The minimum Gasteiger partial charge on any atom is -0.465 e. The predicted octanol–water partition coefficient (Wildman–Crippen LogP) is 3.91. The summed E-state index contributed by atoms with van der Waals surface area (Å²) in [6.45, 7) is 0. The molecule has 3 rings (SSSR count). The highest BCUT2D eigenvalue weighted by atomic mass is 16.5. The molecule has 0 aliphatic carbocycles. The molecule has 0 saturated heterocycles. The fraction of sp³-hybridized carbons (Fsp3) is 0.0909. The van der Waals surface area contributed by atoms with Gasteiger partial charge in [-0.2, -0.15) is 0 Å². The average molecular weight is 406 g/mol. The lowest BCUT2D eigenvalue weighted by atomic mass is 10.1. The lowest BCUT2D eigenvalue weighted by Gasteiger charge is -2.14. The summed E-state index contributed by atoms with van der Waals surface area (Å²) in [5.41, 5.74) is 16.6. The molecule has 0 aromatic heterocycles. The first-order valence-corrected chi connectivity index (χ1v) is 9.01. The van der Waals surface area contributed by atoms with E-state index in [1.54, 1.807) is 36.4 Å². The van der Waals surface area contributed by atoms with Gasteiger partial charge in [0, 0.05) is 11.4 Å². The number of rotatable bonds is 6. The molecule has 8 heteroatoms. The topological polar surface area (TPSA) is 129 Å². The molecule has 0 aliphatic heterocycles. The first-order chi connectivity index (χ1) is 14.4. The van der Waals surface area contributed by atoms with Crippen molar-refractivity contribution in [1.82, 2.24) is 0 Å². The van der Waals surface area contributed by atoms with Crippen molar-refractivity contribution < 1.29 is 19.1 Å². The number of benzene rings is 3. The van der Waals surface area contributed by atoms with Gasteiger partial charge in [0.15, 0.2) is 0 Å². The zero-order valence-electron chi connectivity index (χ0n) is 16.6. The van der Waals surface area contributed by atoms with Crippen LogP contribution in [-0.4, -0.2) is 26.2 Å². The average Bonchev–Trinajstić information content (AvgIpc) is 2.75. The van der Waals surface area contributed by atoms with Gasteiger partial charge in [0.1, 0.15) is 0 Å². The number of nitrogens with two attached hydrogens (primary N) is 2. The van der Waals surface area contributed by atoms with Crippen LogP contribution in [0.1, 0.15) is 20.7 Å². The van der Waals surface area contributed by atoms with E-state index in [0.717, 1.165) is 11.4 Å². The lowest BCUT2D eigenvalue weighted by Crippen LogP contribution is -2.04. The summed E-state index contributed by atoms with van der Waals surface area (Å²) in [5.74, 6) is -0.898. The van der Waals surface area contributed by atoms with Crippen molar-refractivity contribution in [2.24, 2.45) is 0 Å². The van der Waals surface area contributed by atoms with Gasteiger partial charge in [-0.05, 0) is 54.6 Å². The van der Waals surface area contributed by atoms with Crippen molar-refractivity contribution in [2.75, 3.05) is 36.3 Å². The van der Waals surface area contributed by atoms with Crippen LogP contribution in [0.5, 0.6) is 0 Å². The molecule has 0 heterocycles. The largest absolute Gasteiger partial charge is 0.465 e. The Balaban J connectivity index is 1.77. The van der Waals surface area contributed by atoms with Gasteiger partial charge in [-0.15, -0.1) is 0 Å². The number of hydrogen-bond donors (Lipinski definition) is 4. The molecule has 6 N–H and O–H groups in total. The van der Waals surface area contributed by atoms with E-state index in [9.17, 15) is 9.59 Å². The molecule has 0 atom stereocenters. The smallest absolute Gasteiger partial charge is 0.337 e. The highest BCUT2D eigenvalue weighted by Gasteiger charge is 2.10. The van der Waals surface area contributed by atoms with Gasteiger partial charge in [0.25, 0.3) is 0 Å². The SMILES string of the molecule is COC(=O)c1ccc(Nc2cccc(Nc3ccc(C(=O)OC)cc3N)c2)c(N)c1. The van der Waals surface area contributed by atoms with Crippen molar-refractivity contribution in [3.05, 3.63) is 71.8 Å². The third kappa shape index (κ3) is 4.61. The minimum atomic E-state index is -0.449. The third-order valence-electron chi connectivity index (χ3n) is 4.37. The quantitative estimate of drug-likeness (QED) is 0.358. The van der Waals surface area contributed by atoms with Crippen molar-refractivity contribution in [3.63, 3.8) is 0 Å². The Morgan fingerprint density at radius 2 is 1.13 bits per heavy atom. The molecule has 0 saturated carbocycles. The molecule has 0 bridgehead atoms. The maximum absolute atomic E-state index is 11.6. The lowest BCUT2D eigenvalue weighted by molar-refractivity contribution is 0.0592. The van der Waals surface area contributed by atoms with E-state index in [0.29, 0.717) is 33.9 Å². The van der Waals surface area contributed by atoms with Crippen LogP contribution in [-0.2, 0) is 9.47 Å². The zero-order chi connectivity index (χ0) is 21.7. The summed E-state index contributed by atoms with van der Waals surface area (Å²) in [6.07, 6.45) is 0. The fourth-order valence-electron chi connectivity index (χ4n) is 2.83. The number of carbonyl (C=O) groups excluding carboxylic acids is 2. The van der Waals surface area contributed by atoms with Gasteiger partial charge < -0.3 is 31.6 Å². The Morgan fingerprint density at radius 1 is 0.700 bits per heavy atom. The van der Waals surface area contributed by atoms with Crippen molar-refractivity contribution in [2.45, 2.75) is 0 Å². The number of nitrogens with one attached hydrogen (secondary N) is 2. The van der Waals surface area contributed by atoms with E-state index in [-0.39, 0.29) is 0 Å². The molecule has 8 nitrogen and oxygen atoms in total. The first kappa shape index (κ1) is 20.5. The van der Waals surface area contributed by atoms with Crippen LogP contribution in [0.4, 0.5) is 34.1 Å². The Kier molecular flexibility index (Phi) is 6.07. The summed E-state index contributed by atoms with van der Waals surface area (Å²) in [7, 11) is 2.64. The van der Waals surface area contributed by atoms with Gasteiger partial charge in [-0.1, -0.05) is 6.07 Å². The Hall–Kier alpha value is -4.20. The summed E-state index contributed by atoms with van der Waals surface area (Å²) >= 11 is 0. The fourth-order valence-corrected chi connectivity index (χ4v) is 2.83. The molecule has 0 amide bonds. The summed E-state index contributed by atoms with van der Waals surface area (Å²) < 4.78 is 9.40. The van der Waals surface area contributed by atoms with Crippen LogP contribution >= 0.6 is 0 Å². The molecule has 3 aromatic rings. The molecule has 0 radical (unpaired) electrons. The van der Waals surface area contributed by atoms with Crippen molar-refractivity contribution >= 4 is 46.1 Å². The maximum Gasteiger partial charge on any atom is 0.337 e. The second-order valence-corrected chi connectivity index (χ2v) is 6.42. The van der Waals surface area contributed by atoms with E-state index in [2.05, 4.69) is 10.6 Å². The van der Waals surface area contributed by atoms with Crippen LogP contribution in [0.2, 0.25) is 0 Å². The van der Waals surface area contributed by atoms with E-state index < -0.39 is 11.9 Å². The molecular formula is C22H22N4O4. The number of carbonyl (C=O) groups is 2. The summed E-state index contributed by atoms with van der Waals surface area (Å²) in [6, 6.07) is 17.3. The highest BCUT2D eigenvalue weighted by Crippen LogP contribution is 2.29. The monoisotopic (exact) mass is 406 g/mol. The van der Waals surface area contributed by atoms with Crippen LogP contribution < -0.4 is 22.1 Å². The minimum absolute atomic E-state index is 0.377. The van der Waals surface area contributed by atoms with E-state index in [1.807, 2.05) is 24.3 Å². The van der Waals surface area contributed by atoms with E-state index in [1.165, 1.54) is 14.2 Å². The number of anilines is 6. The molecule has 3 aromatic carbocycles. The Labute approximate surface area is 173 Å². The second-order valence-electron chi connectivity index (χ2n) is 6.42. The number of hydrogen-bond acceptors (Lipinski definition) is 8.